The van der Waals surface area contributed by atoms with Crippen LogP contribution in [0.5, 0.6) is 0 Å². The Hall–Kier alpha value is -1.54. The van der Waals surface area contributed by atoms with Crippen molar-refractivity contribution in [1.82, 2.24) is 0 Å². The highest BCUT2D eigenvalue weighted by molar-refractivity contribution is 5.57. The number of hydrogen-bond acceptors (Lipinski definition) is 2. The first-order valence-corrected chi connectivity index (χ1v) is 5.49. The van der Waals surface area contributed by atoms with Gasteiger partial charge in [0.15, 0.2) is 0 Å². The van der Waals surface area contributed by atoms with Crippen LogP contribution in [-0.4, -0.2) is 11.2 Å². The molecular formula is C14H16O2. The van der Waals surface area contributed by atoms with Gasteiger partial charge in [0.05, 0.1) is 6.10 Å². The van der Waals surface area contributed by atoms with Gasteiger partial charge in [-0.3, -0.25) is 0 Å². The second kappa shape index (κ2) is 4.54. The predicted octanol–water partition coefficient (Wildman–Crippen LogP) is 3.18. The highest BCUT2D eigenvalue weighted by Gasteiger charge is 2.06. The van der Waals surface area contributed by atoms with Crippen LogP contribution in [0.4, 0.5) is 0 Å². The normalized spacial score (nSPS) is 12.7. The monoisotopic (exact) mass is 216 g/mol. The third kappa shape index (κ3) is 2.52. The summed E-state index contributed by atoms with van der Waals surface area (Å²) in [5.41, 5.74) is 2.31. The van der Waals surface area contributed by atoms with Gasteiger partial charge >= 0.3 is 0 Å². The summed E-state index contributed by atoms with van der Waals surface area (Å²) in [6.07, 6.45) is 0.197. The average Bonchev–Trinajstić information content (AvgIpc) is 2.66. The fraction of sp³-hybridized carbons (Fsp3) is 0.286. The van der Waals surface area contributed by atoms with Gasteiger partial charge in [-0.2, -0.15) is 0 Å². The Balaban J connectivity index is 2.21. The van der Waals surface area contributed by atoms with Gasteiger partial charge in [0.2, 0.25) is 0 Å². The quantitative estimate of drug-likeness (QED) is 0.854. The Bertz CT molecular complexity index is 452. The van der Waals surface area contributed by atoms with Gasteiger partial charge in [0, 0.05) is 12.0 Å². The number of furan rings is 1. The number of hydrogen-bond donors (Lipinski definition) is 1. The van der Waals surface area contributed by atoms with Gasteiger partial charge in [0.25, 0.3) is 0 Å². The number of rotatable bonds is 3. The first-order valence-electron chi connectivity index (χ1n) is 5.49. The molecule has 1 aromatic carbocycles. The lowest BCUT2D eigenvalue weighted by atomic mass is 10.1. The van der Waals surface area contributed by atoms with E-state index < -0.39 is 0 Å². The number of aliphatic hydroxyl groups is 1. The van der Waals surface area contributed by atoms with Crippen LogP contribution in [0.3, 0.4) is 0 Å². The summed E-state index contributed by atoms with van der Waals surface area (Å²) >= 11 is 0. The first kappa shape index (κ1) is 11.0. The molecule has 16 heavy (non-hydrogen) atoms. The zero-order valence-electron chi connectivity index (χ0n) is 9.60. The molecule has 84 valence electrons. The lowest BCUT2D eigenvalue weighted by Gasteiger charge is -2.00. The van der Waals surface area contributed by atoms with E-state index in [-0.39, 0.29) is 6.10 Å². The molecule has 0 saturated heterocycles. The molecule has 1 heterocycles. The van der Waals surface area contributed by atoms with E-state index in [0.29, 0.717) is 6.42 Å². The Kier molecular flexibility index (Phi) is 3.11. The minimum atomic E-state index is -0.364. The zero-order valence-corrected chi connectivity index (χ0v) is 9.60. The standard InChI is InChI=1S/C14H16O2/c1-10-3-5-12(6-4-10)14-8-7-13(16-14)9-11(2)15/h3-8,11,15H,9H2,1-2H3. The van der Waals surface area contributed by atoms with Crippen molar-refractivity contribution in [2.24, 2.45) is 0 Å². The lowest BCUT2D eigenvalue weighted by Crippen LogP contribution is -2.02. The van der Waals surface area contributed by atoms with Crippen LogP contribution in [0, 0.1) is 6.92 Å². The summed E-state index contributed by atoms with van der Waals surface area (Å²) in [6.45, 7) is 3.82. The molecule has 0 spiro atoms. The molecular weight excluding hydrogens is 200 g/mol. The molecule has 0 aliphatic carbocycles. The van der Waals surface area contributed by atoms with Crippen LogP contribution in [0.15, 0.2) is 40.8 Å². The molecule has 1 aromatic heterocycles. The van der Waals surface area contributed by atoms with Crippen molar-refractivity contribution >= 4 is 0 Å². The lowest BCUT2D eigenvalue weighted by molar-refractivity contribution is 0.187. The van der Waals surface area contributed by atoms with Crippen LogP contribution in [0.2, 0.25) is 0 Å². The van der Waals surface area contributed by atoms with Gasteiger partial charge in [-0.1, -0.05) is 29.8 Å². The smallest absolute Gasteiger partial charge is 0.134 e. The van der Waals surface area contributed by atoms with Gasteiger partial charge in [-0.15, -0.1) is 0 Å². The second-order valence-corrected chi connectivity index (χ2v) is 4.19. The van der Waals surface area contributed by atoms with E-state index in [1.807, 2.05) is 24.3 Å². The second-order valence-electron chi connectivity index (χ2n) is 4.19. The Morgan fingerprint density at radius 2 is 1.81 bits per heavy atom. The highest BCUT2D eigenvalue weighted by Crippen LogP contribution is 2.23. The largest absolute Gasteiger partial charge is 0.461 e. The van der Waals surface area contributed by atoms with E-state index in [0.717, 1.165) is 17.1 Å². The Morgan fingerprint density at radius 3 is 2.44 bits per heavy atom. The molecule has 0 aliphatic heterocycles. The molecule has 0 fully saturated rings. The minimum Gasteiger partial charge on any atom is -0.461 e. The van der Waals surface area contributed by atoms with Gasteiger partial charge in [-0.25, -0.2) is 0 Å². The van der Waals surface area contributed by atoms with E-state index in [4.69, 9.17) is 4.42 Å². The van der Waals surface area contributed by atoms with Crippen molar-refractivity contribution in [2.45, 2.75) is 26.4 Å². The highest BCUT2D eigenvalue weighted by atomic mass is 16.3. The SMILES string of the molecule is Cc1ccc(-c2ccc(CC(C)O)o2)cc1. The van der Waals surface area contributed by atoms with Crippen molar-refractivity contribution in [2.75, 3.05) is 0 Å². The third-order valence-electron chi connectivity index (χ3n) is 2.49. The van der Waals surface area contributed by atoms with Gasteiger partial charge in [0.1, 0.15) is 11.5 Å². The summed E-state index contributed by atoms with van der Waals surface area (Å²) in [6, 6.07) is 12.1. The summed E-state index contributed by atoms with van der Waals surface area (Å²) in [7, 11) is 0. The van der Waals surface area contributed by atoms with E-state index >= 15 is 0 Å². The molecule has 2 rings (SSSR count). The maximum atomic E-state index is 9.26. The van der Waals surface area contributed by atoms with Crippen LogP contribution in [0.25, 0.3) is 11.3 Å². The summed E-state index contributed by atoms with van der Waals surface area (Å²) in [5.74, 6) is 1.68. The van der Waals surface area contributed by atoms with Crippen molar-refractivity contribution in [3.05, 3.63) is 47.7 Å². The average molecular weight is 216 g/mol. The van der Waals surface area contributed by atoms with Crippen LogP contribution < -0.4 is 0 Å². The molecule has 1 atom stereocenters. The summed E-state index contributed by atoms with van der Waals surface area (Å²) < 4.78 is 5.66. The van der Waals surface area contributed by atoms with E-state index in [1.165, 1.54) is 5.56 Å². The maximum Gasteiger partial charge on any atom is 0.134 e. The fourth-order valence-corrected chi connectivity index (χ4v) is 1.65. The first-order chi connectivity index (χ1) is 7.65. The molecule has 0 saturated carbocycles. The molecule has 1 unspecified atom stereocenters. The van der Waals surface area contributed by atoms with E-state index in [2.05, 4.69) is 19.1 Å². The topological polar surface area (TPSA) is 33.4 Å². The van der Waals surface area contributed by atoms with E-state index in [1.54, 1.807) is 6.92 Å². The molecule has 0 radical (unpaired) electrons. The maximum absolute atomic E-state index is 9.26. The molecule has 2 heteroatoms. The van der Waals surface area contributed by atoms with Crippen molar-refractivity contribution in [3.63, 3.8) is 0 Å². The summed E-state index contributed by atoms with van der Waals surface area (Å²) in [5, 5.41) is 9.26. The predicted molar refractivity (Wildman–Crippen MR) is 64.3 cm³/mol. The van der Waals surface area contributed by atoms with Gasteiger partial charge < -0.3 is 9.52 Å². The summed E-state index contributed by atoms with van der Waals surface area (Å²) in [4.78, 5) is 0. The molecule has 2 aromatic rings. The molecule has 2 nitrogen and oxygen atoms in total. The minimum absolute atomic E-state index is 0.364. The molecule has 0 aliphatic rings. The number of benzene rings is 1. The van der Waals surface area contributed by atoms with E-state index in [9.17, 15) is 5.11 Å². The third-order valence-corrected chi connectivity index (χ3v) is 2.49. The Labute approximate surface area is 95.5 Å². The van der Waals surface area contributed by atoms with Crippen molar-refractivity contribution < 1.29 is 9.52 Å². The number of aliphatic hydroxyl groups excluding tert-OH is 1. The van der Waals surface area contributed by atoms with Crippen LogP contribution >= 0.6 is 0 Å². The zero-order chi connectivity index (χ0) is 11.5. The molecule has 0 bridgehead atoms. The van der Waals surface area contributed by atoms with Crippen LogP contribution in [0.1, 0.15) is 18.2 Å². The van der Waals surface area contributed by atoms with Crippen molar-refractivity contribution in [1.29, 1.82) is 0 Å². The van der Waals surface area contributed by atoms with Crippen molar-refractivity contribution in [3.8, 4) is 11.3 Å². The van der Waals surface area contributed by atoms with Gasteiger partial charge in [-0.05, 0) is 26.0 Å². The fourth-order valence-electron chi connectivity index (χ4n) is 1.65. The molecule has 0 amide bonds. The van der Waals surface area contributed by atoms with Crippen LogP contribution in [-0.2, 0) is 6.42 Å². The number of aryl methyl sites for hydroxylation is 1. The Morgan fingerprint density at radius 1 is 1.12 bits per heavy atom. The molecule has 1 N–H and O–H groups in total.